The third-order valence-electron chi connectivity index (χ3n) is 10.2. The molecular weight excluding hydrogens is 354 g/mol. The highest BCUT2D eigenvalue weighted by Gasteiger charge is 2.68. The van der Waals surface area contributed by atoms with E-state index >= 15 is 0 Å². The number of carbonyl (C=O) groups is 1. The summed E-state index contributed by atoms with van der Waals surface area (Å²) in [7, 11) is 0. The molecule has 0 spiro atoms. The Morgan fingerprint density at radius 1 is 1.11 bits per heavy atom. The van der Waals surface area contributed by atoms with Crippen molar-refractivity contribution in [3.8, 4) is 0 Å². The van der Waals surface area contributed by atoms with Crippen molar-refractivity contribution in [2.75, 3.05) is 6.61 Å². The third kappa shape index (κ3) is 2.27. The molecule has 28 heavy (non-hydrogen) atoms. The van der Waals surface area contributed by atoms with Crippen molar-refractivity contribution < 1.29 is 19.7 Å². The lowest BCUT2D eigenvalue weighted by molar-refractivity contribution is -0.211. The van der Waals surface area contributed by atoms with Gasteiger partial charge in [-0.05, 0) is 86.0 Å². The van der Waals surface area contributed by atoms with Gasteiger partial charge < -0.3 is 20.7 Å². The minimum Gasteiger partial charge on any atom is -0.458 e. The molecule has 5 nitrogen and oxygen atoms in total. The van der Waals surface area contributed by atoms with Crippen LogP contribution in [-0.4, -0.2) is 40.5 Å². The summed E-state index contributed by atoms with van der Waals surface area (Å²) in [6.07, 6.45) is 8.81. The lowest BCUT2D eigenvalue weighted by Gasteiger charge is -2.65. The van der Waals surface area contributed by atoms with Gasteiger partial charge in [-0.2, -0.15) is 0 Å². The maximum atomic E-state index is 12.2. The van der Waals surface area contributed by atoms with Gasteiger partial charge in [0.15, 0.2) is 0 Å². The van der Waals surface area contributed by atoms with Crippen molar-refractivity contribution >= 4 is 5.97 Å². The van der Waals surface area contributed by atoms with E-state index in [0.717, 1.165) is 50.5 Å². The minimum absolute atomic E-state index is 0.00256. The van der Waals surface area contributed by atoms with E-state index in [2.05, 4.69) is 13.8 Å². The van der Waals surface area contributed by atoms with E-state index < -0.39 is 5.60 Å². The van der Waals surface area contributed by atoms with Crippen LogP contribution in [0.25, 0.3) is 0 Å². The number of cyclic esters (lactones) is 1. The summed E-state index contributed by atoms with van der Waals surface area (Å²) in [5, 5.41) is 22.4. The Balaban J connectivity index is 1.49. The van der Waals surface area contributed by atoms with Crippen molar-refractivity contribution in [3.05, 3.63) is 11.6 Å². The predicted octanol–water partition coefficient (Wildman–Crippen LogP) is 2.54. The summed E-state index contributed by atoms with van der Waals surface area (Å²) in [4.78, 5) is 11.6. The highest BCUT2D eigenvalue weighted by atomic mass is 16.5. The van der Waals surface area contributed by atoms with Crippen LogP contribution in [0.2, 0.25) is 0 Å². The van der Waals surface area contributed by atoms with Crippen LogP contribution in [0.15, 0.2) is 11.6 Å². The molecule has 0 amide bonds. The number of ether oxygens (including phenoxy) is 1. The van der Waals surface area contributed by atoms with Crippen molar-refractivity contribution in [2.24, 2.45) is 40.2 Å². The largest absolute Gasteiger partial charge is 0.458 e. The van der Waals surface area contributed by atoms with Crippen LogP contribution in [0.1, 0.15) is 65.2 Å². The zero-order valence-corrected chi connectivity index (χ0v) is 17.2. The van der Waals surface area contributed by atoms with E-state index in [1.54, 1.807) is 6.08 Å². The van der Waals surface area contributed by atoms with Crippen LogP contribution in [0.4, 0.5) is 0 Å². The topological polar surface area (TPSA) is 92.8 Å². The van der Waals surface area contributed by atoms with Crippen LogP contribution in [0.3, 0.4) is 0 Å². The second kappa shape index (κ2) is 6.05. The number of rotatable bonds is 1. The van der Waals surface area contributed by atoms with Gasteiger partial charge in [-0.25, -0.2) is 4.79 Å². The Morgan fingerprint density at radius 2 is 1.89 bits per heavy atom. The zero-order valence-electron chi connectivity index (χ0n) is 17.2. The smallest absolute Gasteiger partial charge is 0.331 e. The molecule has 5 heteroatoms. The number of fused-ring (bicyclic) bond motifs is 5. The molecule has 9 atom stereocenters. The van der Waals surface area contributed by atoms with E-state index in [9.17, 15) is 15.0 Å². The highest BCUT2D eigenvalue weighted by molar-refractivity contribution is 5.85. The summed E-state index contributed by atoms with van der Waals surface area (Å²) in [5.74, 6) is 1.14. The molecule has 4 saturated carbocycles. The molecule has 156 valence electrons. The van der Waals surface area contributed by atoms with E-state index in [1.165, 1.54) is 0 Å². The normalized spacial score (nSPS) is 55.8. The van der Waals surface area contributed by atoms with Crippen molar-refractivity contribution in [3.63, 3.8) is 0 Å². The van der Waals surface area contributed by atoms with Crippen LogP contribution in [-0.2, 0) is 9.53 Å². The molecule has 0 aromatic rings. The number of nitrogens with two attached hydrogens (primary N) is 1. The fourth-order valence-electron chi connectivity index (χ4n) is 8.54. The monoisotopic (exact) mass is 389 g/mol. The lowest BCUT2D eigenvalue weighted by atomic mass is 9.42. The quantitative estimate of drug-likeness (QED) is 0.599. The minimum atomic E-state index is -0.698. The van der Waals surface area contributed by atoms with Gasteiger partial charge in [-0.15, -0.1) is 0 Å². The van der Waals surface area contributed by atoms with E-state index in [4.69, 9.17) is 10.5 Å². The number of hydrogen-bond donors (Lipinski definition) is 3. The summed E-state index contributed by atoms with van der Waals surface area (Å²) < 4.78 is 5.20. The Kier molecular flexibility index (Phi) is 4.12. The fraction of sp³-hybridized carbons (Fsp3) is 0.870. The van der Waals surface area contributed by atoms with Gasteiger partial charge in [-0.1, -0.05) is 13.8 Å². The number of aliphatic hydroxyl groups excluding tert-OH is 1. The highest BCUT2D eigenvalue weighted by Crippen LogP contribution is 2.69. The average molecular weight is 390 g/mol. The van der Waals surface area contributed by atoms with Gasteiger partial charge >= 0.3 is 5.97 Å². The number of hydrogen-bond acceptors (Lipinski definition) is 5. The molecule has 0 aromatic carbocycles. The van der Waals surface area contributed by atoms with Crippen molar-refractivity contribution in [1.29, 1.82) is 0 Å². The number of carbonyl (C=O) groups excluding carboxylic acids is 1. The molecule has 1 unspecified atom stereocenters. The maximum Gasteiger partial charge on any atom is 0.331 e. The molecule has 4 aliphatic carbocycles. The van der Waals surface area contributed by atoms with Gasteiger partial charge in [0.2, 0.25) is 0 Å². The molecular formula is C23H35NO4. The van der Waals surface area contributed by atoms with Crippen LogP contribution < -0.4 is 5.73 Å². The third-order valence-corrected chi connectivity index (χ3v) is 10.2. The van der Waals surface area contributed by atoms with E-state index in [1.807, 2.05) is 0 Å². The second-order valence-electron chi connectivity index (χ2n) is 10.9. The zero-order chi connectivity index (χ0) is 19.9. The molecule has 0 aromatic heterocycles. The predicted molar refractivity (Wildman–Crippen MR) is 105 cm³/mol. The second-order valence-corrected chi connectivity index (χ2v) is 10.9. The van der Waals surface area contributed by atoms with Crippen LogP contribution in [0, 0.1) is 34.5 Å². The van der Waals surface area contributed by atoms with Gasteiger partial charge in [0.1, 0.15) is 6.61 Å². The summed E-state index contributed by atoms with van der Waals surface area (Å²) >= 11 is 0. The van der Waals surface area contributed by atoms with Crippen LogP contribution >= 0.6 is 0 Å². The van der Waals surface area contributed by atoms with Crippen molar-refractivity contribution in [2.45, 2.75) is 83.0 Å². The molecule has 1 aliphatic heterocycles. The Hall–Kier alpha value is -0.910. The number of aliphatic hydroxyl groups is 2. The first-order valence-electron chi connectivity index (χ1n) is 11.2. The van der Waals surface area contributed by atoms with Gasteiger partial charge in [0, 0.05) is 17.5 Å². The number of esters is 1. The molecule has 0 bridgehead atoms. The summed E-state index contributed by atoms with van der Waals surface area (Å²) in [6, 6.07) is 0.00256. The summed E-state index contributed by atoms with van der Waals surface area (Å²) in [6.45, 7) is 4.99. The van der Waals surface area contributed by atoms with Gasteiger partial charge in [-0.3, -0.25) is 0 Å². The first-order chi connectivity index (χ1) is 13.2. The first-order valence-corrected chi connectivity index (χ1v) is 11.2. The van der Waals surface area contributed by atoms with Crippen molar-refractivity contribution in [1.82, 2.24) is 0 Å². The lowest BCUT2D eigenvalue weighted by Crippen LogP contribution is -2.66. The van der Waals surface area contributed by atoms with Crippen LogP contribution in [0.5, 0.6) is 0 Å². The Morgan fingerprint density at radius 3 is 2.61 bits per heavy atom. The maximum absolute atomic E-state index is 12.2. The first kappa shape index (κ1) is 19.1. The molecule has 0 radical (unpaired) electrons. The Bertz CT molecular complexity index is 721. The standard InChI is InChI=1S/C23H35NO4/c1-21-7-5-17-18(4-3-14-10-15(25)11-19(24)22(14,17)2)23(21,27)8-6-16(21)13-9-20(26)28-12-13/h9,14-19,25,27H,3-8,10-12,24H2,1-2H3/t14-,15+,16-,17+,18-,19?,21-,22+,23+/m1/s1. The molecule has 4 N–H and O–H groups in total. The van der Waals surface area contributed by atoms with Gasteiger partial charge in [0.05, 0.1) is 11.7 Å². The molecule has 4 fully saturated rings. The Labute approximate surface area is 167 Å². The summed E-state index contributed by atoms with van der Waals surface area (Å²) in [5.41, 5.74) is 6.86. The molecule has 0 saturated heterocycles. The molecule has 5 rings (SSSR count). The van der Waals surface area contributed by atoms with E-state index in [0.29, 0.717) is 24.9 Å². The fourth-order valence-corrected chi connectivity index (χ4v) is 8.54. The van der Waals surface area contributed by atoms with Gasteiger partial charge in [0.25, 0.3) is 0 Å². The van der Waals surface area contributed by atoms with E-state index in [-0.39, 0.29) is 40.8 Å². The molecule has 1 heterocycles. The molecule has 5 aliphatic rings. The average Bonchev–Trinajstić information content (AvgIpc) is 3.17. The SMILES string of the molecule is C[C@]12C(N)C[C@@H](O)C[C@H]1CC[C@@H]1[C@@H]2CC[C@]2(C)[C@@H](C3=CC(=O)OC3)CC[C@]12O.